The van der Waals surface area contributed by atoms with Crippen molar-refractivity contribution in [3.05, 3.63) is 78.1 Å². The molecule has 0 radical (unpaired) electrons. The van der Waals surface area contributed by atoms with E-state index in [1.807, 2.05) is 30.3 Å². The van der Waals surface area contributed by atoms with Crippen LogP contribution in [-0.2, 0) is 13.0 Å². The Labute approximate surface area is 161 Å². The molecule has 0 fully saturated rings. The van der Waals surface area contributed by atoms with Gasteiger partial charge in [-0.3, -0.25) is 0 Å². The smallest absolute Gasteiger partial charge is 0.134 e. The molecule has 0 amide bonds. The van der Waals surface area contributed by atoms with E-state index in [9.17, 15) is 0 Å². The van der Waals surface area contributed by atoms with Crippen LogP contribution in [0.15, 0.2) is 67.0 Å². The number of hydrogen-bond acceptors (Lipinski definition) is 5. The van der Waals surface area contributed by atoms with Crippen LogP contribution in [0.3, 0.4) is 0 Å². The van der Waals surface area contributed by atoms with Gasteiger partial charge in [0, 0.05) is 25.7 Å². The van der Waals surface area contributed by atoms with Crippen molar-refractivity contribution in [2.24, 2.45) is 0 Å². The Morgan fingerprint density at radius 2 is 1.78 bits per heavy atom. The Hall–Kier alpha value is -3.08. The molecular formula is C22H26N4O. The van der Waals surface area contributed by atoms with Gasteiger partial charge in [-0.15, -0.1) is 0 Å². The van der Waals surface area contributed by atoms with E-state index in [2.05, 4.69) is 57.4 Å². The summed E-state index contributed by atoms with van der Waals surface area (Å²) in [5.41, 5.74) is 2.45. The lowest BCUT2D eigenvalue weighted by atomic mass is 10.1. The highest BCUT2D eigenvalue weighted by Gasteiger charge is 2.08. The summed E-state index contributed by atoms with van der Waals surface area (Å²) < 4.78 is 5.41. The van der Waals surface area contributed by atoms with Crippen LogP contribution >= 0.6 is 0 Å². The second-order valence-electron chi connectivity index (χ2n) is 6.25. The molecule has 1 N–H and O–H groups in total. The van der Waals surface area contributed by atoms with E-state index in [0.29, 0.717) is 0 Å². The molecule has 0 saturated carbocycles. The molecular weight excluding hydrogens is 336 g/mol. The van der Waals surface area contributed by atoms with Crippen molar-refractivity contribution in [2.45, 2.75) is 19.9 Å². The number of nitrogens with zero attached hydrogens (tertiary/aromatic N) is 3. The fraction of sp³-hybridized carbons (Fsp3) is 0.273. The van der Waals surface area contributed by atoms with Crippen LogP contribution in [0.5, 0.6) is 5.75 Å². The average Bonchev–Trinajstić information content (AvgIpc) is 2.73. The molecule has 3 aromatic rings. The molecule has 0 saturated heterocycles. The zero-order valence-electron chi connectivity index (χ0n) is 15.9. The van der Waals surface area contributed by atoms with Gasteiger partial charge in [-0.25, -0.2) is 9.97 Å². The molecule has 140 valence electrons. The normalized spacial score (nSPS) is 10.4. The maximum atomic E-state index is 5.41. The lowest BCUT2D eigenvalue weighted by Gasteiger charge is -2.22. The Morgan fingerprint density at radius 3 is 2.56 bits per heavy atom. The van der Waals surface area contributed by atoms with Gasteiger partial charge < -0.3 is 15.0 Å². The summed E-state index contributed by atoms with van der Waals surface area (Å²) >= 11 is 0. The van der Waals surface area contributed by atoms with Crippen molar-refractivity contribution in [1.29, 1.82) is 0 Å². The van der Waals surface area contributed by atoms with Crippen molar-refractivity contribution < 1.29 is 4.74 Å². The summed E-state index contributed by atoms with van der Waals surface area (Å²) in [5.74, 6) is 2.68. The molecule has 3 rings (SSSR count). The van der Waals surface area contributed by atoms with Crippen LogP contribution in [0.1, 0.15) is 18.1 Å². The molecule has 0 spiro atoms. The molecule has 5 heteroatoms. The quantitative estimate of drug-likeness (QED) is 0.619. The van der Waals surface area contributed by atoms with Crippen LogP contribution in [0, 0.1) is 0 Å². The lowest BCUT2D eigenvalue weighted by molar-refractivity contribution is 0.410. The zero-order valence-corrected chi connectivity index (χ0v) is 15.9. The summed E-state index contributed by atoms with van der Waals surface area (Å²) in [6.07, 6.45) is 2.49. The number of hydrogen-bond donors (Lipinski definition) is 1. The van der Waals surface area contributed by atoms with Gasteiger partial charge in [-0.1, -0.05) is 48.5 Å². The maximum Gasteiger partial charge on any atom is 0.134 e. The number of para-hydroxylation sites is 1. The molecule has 5 nitrogen and oxygen atoms in total. The number of methoxy groups -OCH3 is 1. The highest BCUT2D eigenvalue weighted by atomic mass is 16.5. The Balaban J connectivity index is 1.62. The maximum absolute atomic E-state index is 5.41. The first kappa shape index (κ1) is 18.7. The monoisotopic (exact) mass is 362 g/mol. The van der Waals surface area contributed by atoms with Gasteiger partial charge in [0.05, 0.1) is 7.11 Å². The van der Waals surface area contributed by atoms with E-state index in [-0.39, 0.29) is 0 Å². The molecule has 1 heterocycles. The van der Waals surface area contributed by atoms with E-state index in [1.54, 1.807) is 13.4 Å². The highest BCUT2D eigenvalue weighted by molar-refractivity contribution is 5.49. The fourth-order valence-electron chi connectivity index (χ4n) is 3.01. The standard InChI is InChI=1S/C22H26N4O/c1-3-26(16-18-9-5-4-6-10-18)22-15-21(24-17-25-22)23-14-13-19-11-7-8-12-20(19)27-2/h4-12,15,17H,3,13-14,16H2,1-2H3,(H,23,24,25). The molecule has 0 aliphatic carbocycles. The number of anilines is 2. The largest absolute Gasteiger partial charge is 0.496 e. The van der Waals surface area contributed by atoms with E-state index < -0.39 is 0 Å². The third-order valence-electron chi connectivity index (χ3n) is 4.47. The Bertz CT molecular complexity index is 838. The fourth-order valence-corrected chi connectivity index (χ4v) is 3.01. The third-order valence-corrected chi connectivity index (χ3v) is 4.47. The van der Waals surface area contributed by atoms with Crippen molar-refractivity contribution >= 4 is 11.6 Å². The molecule has 1 aromatic heterocycles. The molecule has 2 aromatic carbocycles. The Morgan fingerprint density at radius 1 is 1.00 bits per heavy atom. The number of rotatable bonds is 9. The Kier molecular flexibility index (Phi) is 6.63. The second-order valence-corrected chi connectivity index (χ2v) is 6.25. The minimum absolute atomic E-state index is 0.779. The zero-order chi connectivity index (χ0) is 18.9. The van der Waals surface area contributed by atoms with Crippen molar-refractivity contribution in [3.63, 3.8) is 0 Å². The predicted octanol–water partition coefficient (Wildman–Crippen LogP) is 4.17. The van der Waals surface area contributed by atoms with Gasteiger partial charge in [-0.2, -0.15) is 0 Å². The number of aromatic nitrogens is 2. The van der Waals surface area contributed by atoms with Crippen LogP contribution in [0.2, 0.25) is 0 Å². The first-order valence-corrected chi connectivity index (χ1v) is 9.27. The molecule has 27 heavy (non-hydrogen) atoms. The minimum Gasteiger partial charge on any atom is -0.496 e. The van der Waals surface area contributed by atoms with Gasteiger partial charge in [0.25, 0.3) is 0 Å². The third kappa shape index (κ3) is 5.20. The average molecular weight is 362 g/mol. The van der Waals surface area contributed by atoms with Crippen LogP contribution in [0.25, 0.3) is 0 Å². The highest BCUT2D eigenvalue weighted by Crippen LogP contribution is 2.19. The summed E-state index contributed by atoms with van der Waals surface area (Å²) in [5, 5.41) is 3.39. The summed E-state index contributed by atoms with van der Waals surface area (Å²) in [7, 11) is 1.70. The van der Waals surface area contributed by atoms with Gasteiger partial charge in [-0.05, 0) is 30.5 Å². The molecule has 0 aliphatic rings. The van der Waals surface area contributed by atoms with Gasteiger partial charge >= 0.3 is 0 Å². The van der Waals surface area contributed by atoms with Crippen LogP contribution < -0.4 is 15.0 Å². The molecule has 0 atom stereocenters. The van der Waals surface area contributed by atoms with Crippen molar-refractivity contribution in [2.75, 3.05) is 30.4 Å². The second kappa shape index (κ2) is 9.57. The van der Waals surface area contributed by atoms with E-state index in [4.69, 9.17) is 4.74 Å². The SMILES string of the molecule is CCN(Cc1ccccc1)c1cc(NCCc2ccccc2OC)ncn1. The van der Waals surface area contributed by atoms with E-state index >= 15 is 0 Å². The van der Waals surface area contributed by atoms with Crippen molar-refractivity contribution in [1.82, 2.24) is 9.97 Å². The first-order chi connectivity index (χ1) is 13.3. The van der Waals surface area contributed by atoms with Crippen LogP contribution in [-0.4, -0.2) is 30.2 Å². The van der Waals surface area contributed by atoms with Gasteiger partial charge in [0.2, 0.25) is 0 Å². The molecule has 0 bridgehead atoms. The number of nitrogens with one attached hydrogen (secondary N) is 1. The van der Waals surface area contributed by atoms with E-state index in [0.717, 1.165) is 43.4 Å². The van der Waals surface area contributed by atoms with Gasteiger partial charge in [0.1, 0.15) is 23.7 Å². The van der Waals surface area contributed by atoms with E-state index in [1.165, 1.54) is 11.1 Å². The molecule has 0 unspecified atom stereocenters. The number of ether oxygens (including phenoxy) is 1. The van der Waals surface area contributed by atoms with Crippen LogP contribution in [0.4, 0.5) is 11.6 Å². The first-order valence-electron chi connectivity index (χ1n) is 9.27. The minimum atomic E-state index is 0.779. The summed E-state index contributed by atoms with van der Waals surface area (Å²) in [4.78, 5) is 11.1. The lowest BCUT2D eigenvalue weighted by Crippen LogP contribution is -2.23. The summed E-state index contributed by atoms with van der Waals surface area (Å²) in [6.45, 7) is 4.63. The van der Waals surface area contributed by atoms with Gasteiger partial charge in [0.15, 0.2) is 0 Å². The van der Waals surface area contributed by atoms with Crippen molar-refractivity contribution in [3.8, 4) is 5.75 Å². The topological polar surface area (TPSA) is 50.3 Å². The number of benzene rings is 2. The predicted molar refractivity (Wildman–Crippen MR) is 110 cm³/mol. The summed E-state index contributed by atoms with van der Waals surface area (Å²) in [6, 6.07) is 20.5. The molecule has 0 aliphatic heterocycles.